The summed E-state index contributed by atoms with van der Waals surface area (Å²) in [6.07, 6.45) is 11.6. The molecule has 0 aliphatic heterocycles. The minimum atomic E-state index is -0.614. The largest absolute Gasteiger partial charge is 0.460 e. The van der Waals surface area contributed by atoms with Gasteiger partial charge in [-0.05, 0) is 72.5 Å². The molecule has 3 rings (SSSR count). The summed E-state index contributed by atoms with van der Waals surface area (Å²) in [5.41, 5.74) is 3.67. The van der Waals surface area contributed by atoms with Gasteiger partial charge in [0, 0.05) is 24.5 Å². The topological polar surface area (TPSA) is 154 Å². The molecule has 10 nitrogen and oxygen atoms in total. The highest BCUT2D eigenvalue weighted by Crippen LogP contribution is 2.21. The Morgan fingerprint density at radius 1 is 0.537 bits per heavy atom. The number of benzene rings is 3. The van der Waals surface area contributed by atoms with Crippen LogP contribution in [0, 0.1) is 45.3 Å². The Balaban J connectivity index is 1.65. The van der Waals surface area contributed by atoms with Gasteiger partial charge in [0.1, 0.15) is 48.6 Å². The maximum absolute atomic E-state index is 13.3. The Bertz CT molecular complexity index is 1720. The van der Waals surface area contributed by atoms with Crippen LogP contribution in [-0.2, 0) is 9.47 Å². The normalized spacial score (nSPS) is 10.0. The minimum absolute atomic E-state index is 0.0283. The van der Waals surface area contributed by atoms with Crippen molar-refractivity contribution in [1.29, 1.82) is 21.0 Å². The van der Waals surface area contributed by atoms with Crippen molar-refractivity contribution in [3.05, 3.63) is 106 Å². The van der Waals surface area contributed by atoms with Crippen molar-refractivity contribution in [2.75, 3.05) is 49.2 Å². The van der Waals surface area contributed by atoms with Crippen molar-refractivity contribution in [1.82, 2.24) is 0 Å². The molecule has 3 aromatic rings. The van der Waals surface area contributed by atoms with Crippen LogP contribution < -0.4 is 9.80 Å². The van der Waals surface area contributed by atoms with E-state index in [2.05, 4.69) is 23.6 Å². The molecule has 0 N–H and O–H groups in total. The number of hydrogen-bond donors (Lipinski definition) is 0. The number of rotatable bonds is 22. The lowest BCUT2D eigenvalue weighted by Gasteiger charge is -2.25. The number of nitrogens with zero attached hydrogens (tertiary/aromatic N) is 6. The highest BCUT2D eigenvalue weighted by atomic mass is 16.5. The SMILES string of the molecule is CCCCCCN(CCOC(=O)c1ccccc1C(=O)OCCN(CCCCCC)c1ccc(C=C(C#N)C#N)cc1)c1ccc(C=C(C#N)C#N)cc1. The van der Waals surface area contributed by atoms with Crippen LogP contribution in [0.15, 0.2) is 83.9 Å². The molecule has 54 heavy (non-hydrogen) atoms. The molecule has 0 saturated heterocycles. The van der Waals surface area contributed by atoms with E-state index in [0.717, 1.165) is 87.0 Å². The molecule has 0 fully saturated rings. The number of carbonyl (C=O) groups excluding carboxylic acids is 2. The van der Waals surface area contributed by atoms with Gasteiger partial charge in [0.15, 0.2) is 0 Å². The molecular weight excluding hydrogens is 677 g/mol. The maximum atomic E-state index is 13.3. The van der Waals surface area contributed by atoms with E-state index in [9.17, 15) is 9.59 Å². The Labute approximate surface area is 319 Å². The third kappa shape index (κ3) is 14.0. The summed E-state index contributed by atoms with van der Waals surface area (Å²) in [6, 6.07) is 29.1. The second-order valence-electron chi connectivity index (χ2n) is 12.7. The predicted octanol–water partition coefficient (Wildman–Crippen LogP) is 9.04. The smallest absolute Gasteiger partial charge is 0.339 e. The summed E-state index contributed by atoms with van der Waals surface area (Å²) in [7, 11) is 0. The Hall–Kier alpha value is -6.36. The van der Waals surface area contributed by atoms with Crippen LogP contribution in [0.2, 0.25) is 0 Å². The highest BCUT2D eigenvalue weighted by molar-refractivity contribution is 6.03. The predicted molar refractivity (Wildman–Crippen MR) is 211 cm³/mol. The summed E-state index contributed by atoms with van der Waals surface area (Å²) in [5.74, 6) is -1.23. The number of hydrogen-bond acceptors (Lipinski definition) is 10. The van der Waals surface area contributed by atoms with Crippen LogP contribution in [0.1, 0.15) is 97.1 Å². The van der Waals surface area contributed by atoms with E-state index >= 15 is 0 Å². The van der Waals surface area contributed by atoms with E-state index in [0.29, 0.717) is 13.1 Å². The summed E-state index contributed by atoms with van der Waals surface area (Å²) in [6.45, 7) is 6.90. The number of unbranched alkanes of at least 4 members (excludes halogenated alkanes) is 6. The van der Waals surface area contributed by atoms with Crippen LogP contribution in [0.3, 0.4) is 0 Å². The number of nitriles is 4. The molecule has 0 saturated carbocycles. The zero-order chi connectivity index (χ0) is 39.0. The Kier molecular flexibility index (Phi) is 18.7. The lowest BCUT2D eigenvalue weighted by atomic mass is 10.1. The first-order valence-corrected chi connectivity index (χ1v) is 18.5. The second-order valence-corrected chi connectivity index (χ2v) is 12.7. The molecule has 0 spiro atoms. The Morgan fingerprint density at radius 3 is 1.24 bits per heavy atom. The summed E-state index contributed by atoms with van der Waals surface area (Å²) in [5, 5.41) is 36.3. The summed E-state index contributed by atoms with van der Waals surface area (Å²) < 4.78 is 11.4. The van der Waals surface area contributed by atoms with Gasteiger partial charge in [-0.1, -0.05) is 88.8 Å². The monoisotopic (exact) mass is 724 g/mol. The first-order chi connectivity index (χ1) is 26.4. The second kappa shape index (κ2) is 24.0. The standard InChI is InChI=1S/C44H48N6O4/c1-3-5-7-11-23-49(39-19-15-35(16-20-39)29-37(31-45)32-46)25-27-53-43(51)41-13-9-10-14-42(41)44(52)54-28-26-50(24-12-8-6-4-2)40-21-17-36(18-22-40)30-38(33-47)34-48/h9-10,13-22,29-30H,3-8,11-12,23-28H2,1-2H3. The number of carbonyl (C=O) groups is 2. The van der Waals surface area contributed by atoms with Gasteiger partial charge in [0.05, 0.1) is 24.2 Å². The number of ether oxygens (including phenoxy) is 2. The average Bonchev–Trinajstić information content (AvgIpc) is 3.21. The maximum Gasteiger partial charge on any atom is 0.339 e. The third-order valence-corrected chi connectivity index (χ3v) is 8.74. The van der Waals surface area contributed by atoms with Crippen LogP contribution in [0.25, 0.3) is 12.2 Å². The van der Waals surface area contributed by atoms with E-state index in [-0.39, 0.29) is 35.5 Å². The van der Waals surface area contributed by atoms with Gasteiger partial charge in [-0.25, -0.2) is 9.59 Å². The molecule has 0 aliphatic carbocycles. The fraction of sp³-hybridized carbons (Fsp3) is 0.364. The first-order valence-electron chi connectivity index (χ1n) is 18.5. The van der Waals surface area contributed by atoms with E-state index in [4.69, 9.17) is 30.5 Å². The van der Waals surface area contributed by atoms with Crippen molar-refractivity contribution in [2.24, 2.45) is 0 Å². The van der Waals surface area contributed by atoms with E-state index in [1.165, 1.54) is 12.2 Å². The lowest BCUT2D eigenvalue weighted by Crippen LogP contribution is -2.30. The molecule has 3 aromatic carbocycles. The van der Waals surface area contributed by atoms with E-state index in [1.807, 2.05) is 72.8 Å². The van der Waals surface area contributed by atoms with Crippen molar-refractivity contribution in [3.63, 3.8) is 0 Å². The van der Waals surface area contributed by atoms with E-state index < -0.39 is 11.9 Å². The van der Waals surface area contributed by atoms with Gasteiger partial charge in [-0.3, -0.25) is 0 Å². The van der Waals surface area contributed by atoms with Crippen LogP contribution in [-0.4, -0.2) is 51.3 Å². The lowest BCUT2D eigenvalue weighted by molar-refractivity contribution is 0.0468. The fourth-order valence-corrected chi connectivity index (χ4v) is 5.77. The minimum Gasteiger partial charge on any atom is -0.460 e. The van der Waals surface area contributed by atoms with Gasteiger partial charge in [0.2, 0.25) is 0 Å². The van der Waals surface area contributed by atoms with Gasteiger partial charge in [-0.2, -0.15) is 21.0 Å². The molecular formula is C44H48N6O4. The molecule has 10 heteroatoms. The summed E-state index contributed by atoms with van der Waals surface area (Å²) in [4.78, 5) is 30.9. The van der Waals surface area contributed by atoms with Crippen molar-refractivity contribution in [3.8, 4) is 24.3 Å². The van der Waals surface area contributed by atoms with E-state index in [1.54, 1.807) is 24.3 Å². The highest BCUT2D eigenvalue weighted by Gasteiger charge is 2.20. The van der Waals surface area contributed by atoms with Crippen molar-refractivity contribution in [2.45, 2.75) is 65.2 Å². The number of esters is 2. The summed E-state index contributed by atoms with van der Waals surface area (Å²) >= 11 is 0. The van der Waals surface area contributed by atoms with Gasteiger partial charge < -0.3 is 19.3 Å². The molecule has 0 heterocycles. The fourth-order valence-electron chi connectivity index (χ4n) is 5.77. The zero-order valence-corrected chi connectivity index (χ0v) is 31.3. The molecule has 0 bridgehead atoms. The quantitative estimate of drug-likeness (QED) is 0.0557. The van der Waals surface area contributed by atoms with Gasteiger partial charge in [0.25, 0.3) is 0 Å². The third-order valence-electron chi connectivity index (χ3n) is 8.74. The van der Waals surface area contributed by atoms with Crippen LogP contribution >= 0.6 is 0 Å². The van der Waals surface area contributed by atoms with Crippen LogP contribution in [0.4, 0.5) is 11.4 Å². The van der Waals surface area contributed by atoms with Crippen molar-refractivity contribution < 1.29 is 19.1 Å². The average molecular weight is 725 g/mol. The molecule has 0 aliphatic rings. The molecule has 0 aromatic heterocycles. The molecule has 0 amide bonds. The number of allylic oxidation sites excluding steroid dienone is 2. The molecule has 0 atom stereocenters. The zero-order valence-electron chi connectivity index (χ0n) is 31.3. The molecule has 0 unspecified atom stereocenters. The number of anilines is 2. The van der Waals surface area contributed by atoms with Gasteiger partial charge >= 0.3 is 11.9 Å². The van der Waals surface area contributed by atoms with Gasteiger partial charge in [-0.15, -0.1) is 0 Å². The molecule has 278 valence electrons. The molecule has 0 radical (unpaired) electrons. The van der Waals surface area contributed by atoms with Crippen LogP contribution in [0.5, 0.6) is 0 Å². The van der Waals surface area contributed by atoms with Crippen molar-refractivity contribution >= 4 is 35.5 Å². The first kappa shape index (κ1) is 42.1. The Morgan fingerprint density at radius 2 is 0.907 bits per heavy atom.